The lowest BCUT2D eigenvalue weighted by Gasteiger charge is -1.98. The summed E-state index contributed by atoms with van der Waals surface area (Å²) < 4.78 is 2.32. The van der Waals surface area contributed by atoms with Crippen LogP contribution in [0.5, 0.6) is 0 Å². The lowest BCUT2D eigenvalue weighted by atomic mass is 10.2. The topological polar surface area (TPSA) is 46.5 Å². The van der Waals surface area contributed by atoms with Crippen LogP contribution in [0.3, 0.4) is 0 Å². The molecule has 0 saturated carbocycles. The summed E-state index contributed by atoms with van der Waals surface area (Å²) in [6.07, 6.45) is 2.30. The summed E-state index contributed by atoms with van der Waals surface area (Å²) >= 11 is 0. The fourth-order valence-electron chi connectivity index (χ4n) is 2.69. The minimum atomic E-state index is 0.969. The summed E-state index contributed by atoms with van der Waals surface area (Å²) in [6, 6.07) is 4.15. The van der Waals surface area contributed by atoms with Gasteiger partial charge in [-0.3, -0.25) is 0 Å². The Hall–Kier alpha value is -1.84. The molecule has 0 amide bonds. The lowest BCUT2D eigenvalue weighted by molar-refractivity contribution is 0.772. The number of imidazole rings is 2. The average Bonchev–Trinajstić information content (AvgIpc) is 2.86. The highest BCUT2D eigenvalue weighted by Crippen LogP contribution is 2.28. The Morgan fingerprint density at radius 3 is 3.19 bits per heavy atom. The average molecular weight is 212 g/mol. The second-order valence-electron chi connectivity index (χ2n) is 4.43. The van der Waals surface area contributed by atoms with Crippen LogP contribution < -0.4 is 0 Å². The molecular formula is C12H12N4. The van der Waals surface area contributed by atoms with E-state index in [9.17, 15) is 0 Å². The molecule has 0 unspecified atom stereocenters. The molecular weight excluding hydrogens is 200 g/mol. The molecule has 0 fully saturated rings. The van der Waals surface area contributed by atoms with Crippen molar-refractivity contribution in [2.24, 2.45) is 0 Å². The van der Waals surface area contributed by atoms with Gasteiger partial charge in [0.2, 0.25) is 0 Å². The van der Waals surface area contributed by atoms with E-state index in [0.717, 1.165) is 35.3 Å². The summed E-state index contributed by atoms with van der Waals surface area (Å²) in [4.78, 5) is 12.5. The number of rotatable bonds is 0. The Balaban J connectivity index is 2.26. The molecule has 4 rings (SSSR count). The Kier molecular flexibility index (Phi) is 1.37. The van der Waals surface area contributed by atoms with Gasteiger partial charge in [-0.1, -0.05) is 0 Å². The van der Waals surface area contributed by atoms with Crippen LogP contribution in [0.15, 0.2) is 12.1 Å². The molecule has 0 saturated heterocycles. The first-order valence-corrected chi connectivity index (χ1v) is 5.67. The Morgan fingerprint density at radius 1 is 1.31 bits per heavy atom. The molecule has 2 aromatic heterocycles. The predicted octanol–water partition coefficient (Wildman–Crippen LogP) is 2.17. The number of hydrogen-bond acceptors (Lipinski definition) is 2. The smallest absolute Gasteiger partial charge is 0.114 e. The monoisotopic (exact) mass is 212 g/mol. The first-order chi connectivity index (χ1) is 7.83. The molecule has 0 spiro atoms. The highest BCUT2D eigenvalue weighted by Gasteiger charge is 2.18. The lowest BCUT2D eigenvalue weighted by Crippen LogP contribution is -1.92. The van der Waals surface area contributed by atoms with Crippen molar-refractivity contribution in [3.8, 4) is 0 Å². The molecule has 1 aliphatic rings. The number of aryl methyl sites for hydroxylation is 3. The SMILES string of the molecule is Cc1nc2c(ccc3nc4n(c32)CCC4)[nH]1. The molecule has 3 heterocycles. The van der Waals surface area contributed by atoms with Crippen LogP contribution >= 0.6 is 0 Å². The number of nitrogens with zero attached hydrogens (tertiary/aromatic N) is 3. The third-order valence-electron chi connectivity index (χ3n) is 3.34. The first-order valence-electron chi connectivity index (χ1n) is 5.67. The van der Waals surface area contributed by atoms with E-state index < -0.39 is 0 Å². The highest BCUT2D eigenvalue weighted by atomic mass is 15.1. The molecule has 1 aromatic carbocycles. The van der Waals surface area contributed by atoms with Crippen LogP contribution in [-0.4, -0.2) is 19.5 Å². The first kappa shape index (κ1) is 8.33. The van der Waals surface area contributed by atoms with Gasteiger partial charge in [-0.2, -0.15) is 0 Å². The molecule has 0 bridgehead atoms. The summed E-state index contributed by atoms with van der Waals surface area (Å²) in [6.45, 7) is 3.07. The second-order valence-corrected chi connectivity index (χ2v) is 4.43. The largest absolute Gasteiger partial charge is 0.342 e. The maximum Gasteiger partial charge on any atom is 0.114 e. The molecule has 16 heavy (non-hydrogen) atoms. The number of fused-ring (bicyclic) bond motifs is 5. The van der Waals surface area contributed by atoms with E-state index in [1.54, 1.807) is 0 Å². The van der Waals surface area contributed by atoms with Crippen molar-refractivity contribution in [3.05, 3.63) is 23.8 Å². The van der Waals surface area contributed by atoms with Crippen LogP contribution in [0.2, 0.25) is 0 Å². The Morgan fingerprint density at radius 2 is 2.25 bits per heavy atom. The van der Waals surface area contributed by atoms with E-state index in [0.29, 0.717) is 0 Å². The van der Waals surface area contributed by atoms with Gasteiger partial charge in [0.05, 0.1) is 16.6 Å². The van der Waals surface area contributed by atoms with Gasteiger partial charge >= 0.3 is 0 Å². The van der Waals surface area contributed by atoms with Crippen LogP contribution in [-0.2, 0) is 13.0 Å². The number of aromatic nitrogens is 4. The zero-order valence-corrected chi connectivity index (χ0v) is 9.12. The fraction of sp³-hybridized carbons (Fsp3) is 0.333. The Labute approximate surface area is 92.3 Å². The van der Waals surface area contributed by atoms with Gasteiger partial charge in [0.25, 0.3) is 0 Å². The van der Waals surface area contributed by atoms with E-state index in [1.807, 2.05) is 6.92 Å². The summed E-state index contributed by atoms with van der Waals surface area (Å²) in [5, 5.41) is 0. The summed E-state index contributed by atoms with van der Waals surface area (Å²) in [5.41, 5.74) is 4.46. The van der Waals surface area contributed by atoms with Crippen LogP contribution in [0, 0.1) is 6.92 Å². The predicted molar refractivity (Wildman–Crippen MR) is 62.4 cm³/mol. The van der Waals surface area contributed by atoms with E-state index >= 15 is 0 Å². The van der Waals surface area contributed by atoms with Crippen molar-refractivity contribution in [1.82, 2.24) is 19.5 Å². The third kappa shape index (κ3) is 0.894. The normalized spacial score (nSPS) is 15.1. The molecule has 1 aliphatic heterocycles. The molecule has 1 N–H and O–H groups in total. The molecule has 0 atom stereocenters. The van der Waals surface area contributed by atoms with Gasteiger partial charge in [0.1, 0.15) is 17.2 Å². The number of H-pyrrole nitrogens is 1. The summed E-state index contributed by atoms with van der Waals surface area (Å²) in [5.74, 6) is 2.18. The number of aromatic amines is 1. The number of nitrogens with one attached hydrogen (secondary N) is 1. The van der Waals surface area contributed by atoms with Gasteiger partial charge in [-0.25, -0.2) is 9.97 Å². The van der Waals surface area contributed by atoms with Gasteiger partial charge in [0.15, 0.2) is 0 Å². The van der Waals surface area contributed by atoms with Gasteiger partial charge in [0, 0.05) is 13.0 Å². The molecule has 80 valence electrons. The van der Waals surface area contributed by atoms with Crippen LogP contribution in [0.25, 0.3) is 22.1 Å². The molecule has 3 aromatic rings. The van der Waals surface area contributed by atoms with Crippen molar-refractivity contribution in [2.45, 2.75) is 26.3 Å². The maximum absolute atomic E-state index is 4.66. The van der Waals surface area contributed by atoms with Crippen LogP contribution in [0.4, 0.5) is 0 Å². The molecule has 0 radical (unpaired) electrons. The second kappa shape index (κ2) is 2.64. The van der Waals surface area contributed by atoms with Gasteiger partial charge < -0.3 is 9.55 Å². The molecule has 4 heteroatoms. The number of benzene rings is 1. The highest BCUT2D eigenvalue weighted by molar-refractivity contribution is 6.01. The van der Waals surface area contributed by atoms with Gasteiger partial charge in [-0.05, 0) is 25.5 Å². The minimum Gasteiger partial charge on any atom is -0.342 e. The van der Waals surface area contributed by atoms with E-state index in [2.05, 4.69) is 31.7 Å². The molecule has 4 nitrogen and oxygen atoms in total. The zero-order valence-electron chi connectivity index (χ0n) is 9.12. The Bertz CT molecular complexity index is 705. The van der Waals surface area contributed by atoms with Crippen LogP contribution in [0.1, 0.15) is 18.1 Å². The van der Waals surface area contributed by atoms with E-state index in [-0.39, 0.29) is 0 Å². The van der Waals surface area contributed by atoms with E-state index in [1.165, 1.54) is 17.8 Å². The quantitative estimate of drug-likeness (QED) is 0.620. The summed E-state index contributed by atoms with van der Waals surface area (Å²) in [7, 11) is 0. The fourth-order valence-corrected chi connectivity index (χ4v) is 2.69. The van der Waals surface area contributed by atoms with Crippen molar-refractivity contribution in [1.29, 1.82) is 0 Å². The van der Waals surface area contributed by atoms with Crippen molar-refractivity contribution in [3.63, 3.8) is 0 Å². The van der Waals surface area contributed by atoms with Crippen molar-refractivity contribution >= 4 is 22.1 Å². The van der Waals surface area contributed by atoms with Gasteiger partial charge in [-0.15, -0.1) is 0 Å². The minimum absolute atomic E-state index is 0.969. The third-order valence-corrected chi connectivity index (χ3v) is 3.34. The van der Waals surface area contributed by atoms with Crippen molar-refractivity contribution < 1.29 is 0 Å². The zero-order chi connectivity index (χ0) is 10.7. The van der Waals surface area contributed by atoms with Crippen molar-refractivity contribution in [2.75, 3.05) is 0 Å². The standard InChI is InChI=1S/C12H12N4/c1-7-13-8-4-5-9-12(11(8)14-7)16-6-2-3-10(16)15-9/h4-5H,2-3,6H2,1H3,(H,13,14). The number of hydrogen-bond donors (Lipinski definition) is 1. The maximum atomic E-state index is 4.66. The molecule has 0 aliphatic carbocycles. The van der Waals surface area contributed by atoms with E-state index in [4.69, 9.17) is 0 Å².